The summed E-state index contributed by atoms with van der Waals surface area (Å²) in [6, 6.07) is 1.65. The van der Waals surface area contributed by atoms with E-state index in [2.05, 4.69) is 18.7 Å². The average molecular weight is 336 g/mol. The number of nitrogens with zero attached hydrogens (tertiary/aromatic N) is 2. The summed E-state index contributed by atoms with van der Waals surface area (Å²) in [7, 11) is 4.41. The molecule has 7 nitrogen and oxygen atoms in total. The molecule has 24 heavy (non-hydrogen) atoms. The van der Waals surface area contributed by atoms with E-state index in [1.54, 1.807) is 6.07 Å². The van der Waals surface area contributed by atoms with Crippen molar-refractivity contribution in [2.45, 2.75) is 13.8 Å². The molecule has 7 heteroatoms. The van der Waals surface area contributed by atoms with Crippen molar-refractivity contribution in [2.24, 2.45) is 0 Å². The summed E-state index contributed by atoms with van der Waals surface area (Å²) in [5, 5.41) is 0. The minimum atomic E-state index is -0.581. The Hall–Kier alpha value is -2.28. The third-order valence-electron chi connectivity index (χ3n) is 4.30. The van der Waals surface area contributed by atoms with Crippen molar-refractivity contribution >= 4 is 17.4 Å². The van der Waals surface area contributed by atoms with Crippen molar-refractivity contribution in [1.29, 1.82) is 0 Å². The lowest BCUT2D eigenvalue weighted by molar-refractivity contribution is -0.114. The van der Waals surface area contributed by atoms with Gasteiger partial charge in [-0.15, -0.1) is 0 Å². The summed E-state index contributed by atoms with van der Waals surface area (Å²) in [5.74, 6) is -0.169. The van der Waals surface area contributed by atoms with Gasteiger partial charge < -0.3 is 24.0 Å². The van der Waals surface area contributed by atoms with Crippen molar-refractivity contribution in [1.82, 2.24) is 4.90 Å². The number of ketones is 1. The quantitative estimate of drug-likeness (QED) is 0.672. The number of carbonyl (C=O) groups is 2. The van der Waals surface area contributed by atoms with Gasteiger partial charge in [-0.3, -0.25) is 9.59 Å². The van der Waals surface area contributed by atoms with Crippen molar-refractivity contribution in [3.63, 3.8) is 0 Å². The molecule has 0 radical (unpaired) electrons. The van der Waals surface area contributed by atoms with Crippen LogP contribution in [0.25, 0.3) is 0 Å². The van der Waals surface area contributed by atoms with Crippen molar-refractivity contribution < 1.29 is 23.8 Å². The number of hydrogen-bond acceptors (Lipinski definition) is 6. The van der Waals surface area contributed by atoms with Gasteiger partial charge in [-0.2, -0.15) is 0 Å². The second kappa shape index (κ2) is 7.53. The van der Waals surface area contributed by atoms with Crippen LogP contribution < -0.4 is 19.1 Å². The molecule has 0 fully saturated rings. The van der Waals surface area contributed by atoms with Gasteiger partial charge in [0.1, 0.15) is 0 Å². The Bertz CT molecular complexity index is 640. The van der Waals surface area contributed by atoms with Gasteiger partial charge in [0.15, 0.2) is 11.5 Å². The minimum Gasteiger partial charge on any atom is -0.493 e. The summed E-state index contributed by atoms with van der Waals surface area (Å²) in [6.07, 6.45) is 0. The van der Waals surface area contributed by atoms with Crippen LogP contribution >= 0.6 is 0 Å². The van der Waals surface area contributed by atoms with Crippen LogP contribution in [0.1, 0.15) is 24.2 Å². The highest BCUT2D eigenvalue weighted by atomic mass is 16.5. The average Bonchev–Trinajstić information content (AvgIpc) is 2.85. The third kappa shape index (κ3) is 2.91. The van der Waals surface area contributed by atoms with Gasteiger partial charge in [0, 0.05) is 19.2 Å². The van der Waals surface area contributed by atoms with Crippen LogP contribution in [-0.2, 0) is 4.79 Å². The van der Waals surface area contributed by atoms with Crippen LogP contribution in [0.3, 0.4) is 0 Å². The Morgan fingerprint density at radius 3 is 2.12 bits per heavy atom. The summed E-state index contributed by atoms with van der Waals surface area (Å²) < 4.78 is 16.0. The van der Waals surface area contributed by atoms with Crippen LogP contribution in [-0.4, -0.2) is 64.1 Å². The fraction of sp³-hybridized carbons (Fsp3) is 0.529. The van der Waals surface area contributed by atoms with Gasteiger partial charge in [-0.05, 0) is 13.1 Å². The van der Waals surface area contributed by atoms with E-state index in [1.165, 1.54) is 26.2 Å². The molecule has 2 rings (SSSR count). The fourth-order valence-electron chi connectivity index (χ4n) is 2.92. The van der Waals surface area contributed by atoms with E-state index in [-0.39, 0.29) is 11.3 Å². The summed E-state index contributed by atoms with van der Waals surface area (Å²) in [5.41, 5.74) is 0.742. The van der Waals surface area contributed by atoms with Gasteiger partial charge >= 0.3 is 0 Å². The molecule has 0 bridgehead atoms. The number of amides is 1. The Morgan fingerprint density at radius 1 is 1.00 bits per heavy atom. The van der Waals surface area contributed by atoms with Crippen LogP contribution in [0.4, 0.5) is 5.69 Å². The molecule has 0 unspecified atom stereocenters. The lowest BCUT2D eigenvalue weighted by atomic mass is 10.1. The van der Waals surface area contributed by atoms with Crippen molar-refractivity contribution in [3.05, 3.63) is 11.6 Å². The number of benzene rings is 1. The second-order valence-corrected chi connectivity index (χ2v) is 5.35. The van der Waals surface area contributed by atoms with Crippen LogP contribution in [0.15, 0.2) is 6.07 Å². The van der Waals surface area contributed by atoms with Gasteiger partial charge in [0.25, 0.3) is 11.7 Å². The molecule has 0 saturated carbocycles. The topological polar surface area (TPSA) is 68.3 Å². The Morgan fingerprint density at radius 2 is 1.62 bits per heavy atom. The number of Topliss-reactive ketones (excluding diaryl/α,β-unsaturated/α-hetero) is 1. The molecule has 1 aromatic carbocycles. The number of ether oxygens (including phenoxy) is 3. The van der Waals surface area contributed by atoms with E-state index in [4.69, 9.17) is 14.2 Å². The van der Waals surface area contributed by atoms with Crippen LogP contribution in [0.5, 0.6) is 17.2 Å². The molecule has 1 heterocycles. The standard InChI is InChI=1S/C17H24N2O5/c1-6-18(7-2)8-9-19-11-10-12(22-3)15(23-4)16(24-5)13(11)14(20)17(19)21/h10H,6-9H2,1-5H3. The highest BCUT2D eigenvalue weighted by molar-refractivity contribution is 6.53. The van der Waals surface area contributed by atoms with Gasteiger partial charge in [-0.25, -0.2) is 0 Å². The lowest BCUT2D eigenvalue weighted by Crippen LogP contribution is -2.38. The maximum atomic E-state index is 12.5. The number of likely N-dealkylation sites (N-methyl/N-ethyl adjacent to an activating group) is 1. The summed E-state index contributed by atoms with van der Waals surface area (Å²) in [4.78, 5) is 28.6. The normalized spacial score (nSPS) is 13.5. The van der Waals surface area contributed by atoms with E-state index in [0.717, 1.165) is 13.1 Å². The molecule has 1 aliphatic rings. The van der Waals surface area contributed by atoms with E-state index in [0.29, 0.717) is 30.3 Å². The SMILES string of the molecule is CCN(CC)CCN1C(=O)C(=O)c2c1cc(OC)c(OC)c2OC. The van der Waals surface area contributed by atoms with E-state index >= 15 is 0 Å². The molecule has 1 aliphatic heterocycles. The molecule has 0 atom stereocenters. The zero-order valence-corrected chi connectivity index (χ0v) is 14.8. The molecule has 0 aromatic heterocycles. The Kier molecular flexibility index (Phi) is 5.66. The highest BCUT2D eigenvalue weighted by Gasteiger charge is 2.41. The number of carbonyl (C=O) groups excluding carboxylic acids is 2. The zero-order valence-electron chi connectivity index (χ0n) is 14.8. The molecule has 0 spiro atoms. The number of anilines is 1. The molecule has 0 N–H and O–H groups in total. The summed E-state index contributed by atoms with van der Waals surface area (Å²) >= 11 is 0. The molecule has 0 aliphatic carbocycles. The number of hydrogen-bond donors (Lipinski definition) is 0. The molecular formula is C17H24N2O5. The predicted octanol–water partition coefficient (Wildman–Crippen LogP) is 1.58. The van der Waals surface area contributed by atoms with Crippen molar-refractivity contribution in [2.75, 3.05) is 52.4 Å². The second-order valence-electron chi connectivity index (χ2n) is 5.35. The fourth-order valence-corrected chi connectivity index (χ4v) is 2.92. The molecular weight excluding hydrogens is 312 g/mol. The first kappa shape index (κ1) is 18.1. The van der Waals surface area contributed by atoms with Crippen LogP contribution in [0, 0.1) is 0 Å². The largest absolute Gasteiger partial charge is 0.493 e. The first-order chi connectivity index (χ1) is 11.5. The third-order valence-corrected chi connectivity index (χ3v) is 4.30. The maximum Gasteiger partial charge on any atom is 0.299 e. The monoisotopic (exact) mass is 336 g/mol. The van der Waals surface area contributed by atoms with E-state index in [1.807, 2.05) is 0 Å². The van der Waals surface area contributed by atoms with Gasteiger partial charge in [0.05, 0.1) is 32.6 Å². The Labute approximate surface area is 142 Å². The zero-order chi connectivity index (χ0) is 17.9. The number of fused-ring (bicyclic) bond motifs is 1. The first-order valence-corrected chi connectivity index (χ1v) is 7.95. The molecule has 1 aromatic rings. The van der Waals surface area contributed by atoms with E-state index in [9.17, 15) is 9.59 Å². The molecule has 1 amide bonds. The Balaban J connectivity index is 2.47. The number of rotatable bonds is 8. The maximum absolute atomic E-state index is 12.5. The van der Waals surface area contributed by atoms with Crippen molar-refractivity contribution in [3.8, 4) is 17.2 Å². The van der Waals surface area contributed by atoms with Gasteiger partial charge in [-0.1, -0.05) is 13.8 Å². The lowest BCUT2D eigenvalue weighted by Gasteiger charge is -2.23. The van der Waals surface area contributed by atoms with E-state index < -0.39 is 11.7 Å². The van der Waals surface area contributed by atoms with Crippen LogP contribution in [0.2, 0.25) is 0 Å². The summed E-state index contributed by atoms with van der Waals surface area (Å²) in [6.45, 7) is 7.00. The highest BCUT2D eigenvalue weighted by Crippen LogP contribution is 2.47. The molecule has 132 valence electrons. The predicted molar refractivity (Wildman–Crippen MR) is 90.6 cm³/mol. The minimum absolute atomic E-state index is 0.232. The first-order valence-electron chi connectivity index (χ1n) is 7.95. The number of methoxy groups -OCH3 is 3. The molecule has 0 saturated heterocycles. The van der Waals surface area contributed by atoms with Gasteiger partial charge in [0.2, 0.25) is 5.75 Å². The smallest absolute Gasteiger partial charge is 0.299 e.